The molecule has 0 aliphatic heterocycles. The van der Waals surface area contributed by atoms with Crippen LogP contribution in [-0.2, 0) is 13.0 Å². The quantitative estimate of drug-likeness (QED) is 0.879. The van der Waals surface area contributed by atoms with Crippen molar-refractivity contribution < 1.29 is 14.2 Å². The van der Waals surface area contributed by atoms with Crippen LogP contribution >= 0.6 is 0 Å². The highest BCUT2D eigenvalue weighted by atomic mass is 19.1. The number of benzene rings is 2. The molecular formula is C15H15FO2. The molecule has 2 aromatic carbocycles. The zero-order chi connectivity index (χ0) is 12.8. The van der Waals surface area contributed by atoms with E-state index in [4.69, 9.17) is 9.84 Å². The van der Waals surface area contributed by atoms with Gasteiger partial charge in [0.15, 0.2) is 0 Å². The summed E-state index contributed by atoms with van der Waals surface area (Å²) in [5.74, 6) is 0.0613. The van der Waals surface area contributed by atoms with Crippen molar-refractivity contribution in [1.29, 1.82) is 0 Å². The van der Waals surface area contributed by atoms with Gasteiger partial charge in [-0.05, 0) is 23.3 Å². The van der Waals surface area contributed by atoms with Crippen LogP contribution in [0.5, 0.6) is 5.75 Å². The van der Waals surface area contributed by atoms with E-state index in [1.54, 1.807) is 6.07 Å². The molecule has 0 fully saturated rings. The maximum atomic E-state index is 13.2. The van der Waals surface area contributed by atoms with Gasteiger partial charge in [-0.25, -0.2) is 4.39 Å². The lowest BCUT2D eigenvalue weighted by atomic mass is 10.2. The molecule has 2 rings (SSSR count). The molecular weight excluding hydrogens is 231 g/mol. The van der Waals surface area contributed by atoms with E-state index in [1.165, 1.54) is 17.7 Å². The molecule has 2 aromatic rings. The minimum atomic E-state index is -0.392. The minimum absolute atomic E-state index is 0.188. The standard InChI is InChI=1S/C15H15FO2/c16-14-8-13(11-17)9-15(10-14)18-7-6-12-4-2-1-3-5-12/h1-5,8-10,17H,6-7,11H2. The Labute approximate surface area is 106 Å². The number of ether oxygens (including phenoxy) is 1. The van der Waals surface area contributed by atoms with Gasteiger partial charge in [-0.2, -0.15) is 0 Å². The number of aliphatic hydroxyl groups excluding tert-OH is 1. The van der Waals surface area contributed by atoms with Crippen molar-refractivity contribution in [1.82, 2.24) is 0 Å². The Morgan fingerprint density at radius 2 is 1.78 bits per heavy atom. The van der Waals surface area contributed by atoms with E-state index in [2.05, 4.69) is 0 Å². The van der Waals surface area contributed by atoms with E-state index in [9.17, 15) is 4.39 Å². The van der Waals surface area contributed by atoms with Crippen LogP contribution < -0.4 is 4.74 Å². The Kier molecular flexibility index (Phi) is 4.31. The van der Waals surface area contributed by atoms with E-state index < -0.39 is 5.82 Å². The summed E-state index contributed by atoms with van der Waals surface area (Å²) in [6, 6.07) is 14.2. The molecule has 0 spiro atoms. The zero-order valence-electron chi connectivity index (χ0n) is 9.97. The van der Waals surface area contributed by atoms with Gasteiger partial charge in [0.2, 0.25) is 0 Å². The summed E-state index contributed by atoms with van der Waals surface area (Å²) in [6.45, 7) is 0.297. The lowest BCUT2D eigenvalue weighted by Gasteiger charge is -2.08. The molecule has 2 nitrogen and oxygen atoms in total. The maximum absolute atomic E-state index is 13.2. The molecule has 0 aliphatic carbocycles. The van der Waals surface area contributed by atoms with E-state index in [-0.39, 0.29) is 6.61 Å². The number of halogens is 1. The largest absolute Gasteiger partial charge is 0.493 e. The normalized spacial score (nSPS) is 10.3. The average Bonchev–Trinajstić information content (AvgIpc) is 2.39. The summed E-state index contributed by atoms with van der Waals surface area (Å²) < 4.78 is 18.7. The van der Waals surface area contributed by atoms with Crippen molar-refractivity contribution >= 4 is 0 Å². The highest BCUT2D eigenvalue weighted by Crippen LogP contribution is 2.16. The number of aliphatic hydroxyl groups is 1. The van der Waals surface area contributed by atoms with E-state index in [0.29, 0.717) is 17.9 Å². The second kappa shape index (κ2) is 6.17. The first-order valence-corrected chi connectivity index (χ1v) is 5.85. The Hall–Kier alpha value is -1.87. The zero-order valence-corrected chi connectivity index (χ0v) is 9.97. The monoisotopic (exact) mass is 246 g/mol. The van der Waals surface area contributed by atoms with Crippen molar-refractivity contribution in [2.45, 2.75) is 13.0 Å². The van der Waals surface area contributed by atoms with Gasteiger partial charge < -0.3 is 9.84 Å². The summed E-state index contributed by atoms with van der Waals surface area (Å²) in [7, 11) is 0. The van der Waals surface area contributed by atoms with Crippen LogP contribution in [0.25, 0.3) is 0 Å². The summed E-state index contributed by atoms with van der Waals surface area (Å²) in [6.07, 6.45) is 0.770. The molecule has 0 saturated carbocycles. The van der Waals surface area contributed by atoms with Gasteiger partial charge in [0, 0.05) is 12.5 Å². The lowest BCUT2D eigenvalue weighted by Crippen LogP contribution is -2.02. The third-order valence-corrected chi connectivity index (χ3v) is 2.62. The average molecular weight is 246 g/mol. The summed E-state index contributed by atoms with van der Waals surface area (Å²) in [5, 5.41) is 8.97. The van der Waals surface area contributed by atoms with Gasteiger partial charge in [0.25, 0.3) is 0 Å². The molecule has 3 heteroatoms. The highest BCUT2D eigenvalue weighted by molar-refractivity contribution is 5.29. The predicted molar refractivity (Wildman–Crippen MR) is 68.0 cm³/mol. The van der Waals surface area contributed by atoms with Crippen LogP contribution in [0.4, 0.5) is 4.39 Å². The second-order valence-electron chi connectivity index (χ2n) is 4.04. The Balaban J connectivity index is 1.92. The molecule has 94 valence electrons. The van der Waals surface area contributed by atoms with Crippen LogP contribution in [-0.4, -0.2) is 11.7 Å². The fourth-order valence-electron chi connectivity index (χ4n) is 1.73. The molecule has 0 aliphatic rings. The summed E-state index contributed by atoms with van der Waals surface area (Å²) >= 11 is 0. The molecule has 18 heavy (non-hydrogen) atoms. The van der Waals surface area contributed by atoms with E-state index in [1.807, 2.05) is 30.3 Å². The molecule has 0 radical (unpaired) electrons. The number of rotatable bonds is 5. The molecule has 0 saturated heterocycles. The van der Waals surface area contributed by atoms with Gasteiger partial charge in [-0.1, -0.05) is 30.3 Å². The van der Waals surface area contributed by atoms with Gasteiger partial charge in [-0.3, -0.25) is 0 Å². The van der Waals surface area contributed by atoms with Crippen molar-refractivity contribution in [2.24, 2.45) is 0 Å². The highest BCUT2D eigenvalue weighted by Gasteiger charge is 2.01. The number of hydrogen-bond acceptors (Lipinski definition) is 2. The lowest BCUT2D eigenvalue weighted by molar-refractivity contribution is 0.278. The summed E-state index contributed by atoms with van der Waals surface area (Å²) in [4.78, 5) is 0. The first kappa shape index (κ1) is 12.6. The molecule has 1 N–H and O–H groups in total. The Morgan fingerprint density at radius 1 is 1.00 bits per heavy atom. The van der Waals surface area contributed by atoms with Crippen molar-refractivity contribution in [3.63, 3.8) is 0 Å². The summed E-state index contributed by atoms with van der Waals surface area (Å²) in [5.41, 5.74) is 1.70. The first-order valence-electron chi connectivity index (χ1n) is 5.85. The molecule has 0 heterocycles. The fraction of sp³-hybridized carbons (Fsp3) is 0.200. The molecule has 0 atom stereocenters. The van der Waals surface area contributed by atoms with Gasteiger partial charge >= 0.3 is 0 Å². The van der Waals surface area contributed by atoms with Crippen LogP contribution in [0.3, 0.4) is 0 Å². The van der Waals surface area contributed by atoms with Gasteiger partial charge in [-0.15, -0.1) is 0 Å². The SMILES string of the molecule is OCc1cc(F)cc(OCCc2ccccc2)c1. The van der Waals surface area contributed by atoms with Gasteiger partial charge in [0.05, 0.1) is 13.2 Å². The molecule has 0 unspecified atom stereocenters. The smallest absolute Gasteiger partial charge is 0.127 e. The molecule has 0 aromatic heterocycles. The van der Waals surface area contributed by atoms with Crippen molar-refractivity contribution in [2.75, 3.05) is 6.61 Å². The third-order valence-electron chi connectivity index (χ3n) is 2.62. The topological polar surface area (TPSA) is 29.5 Å². The van der Waals surface area contributed by atoms with Crippen LogP contribution in [0.1, 0.15) is 11.1 Å². The molecule has 0 amide bonds. The predicted octanol–water partition coefficient (Wildman–Crippen LogP) is 2.94. The third kappa shape index (κ3) is 3.57. The van der Waals surface area contributed by atoms with E-state index >= 15 is 0 Å². The second-order valence-corrected chi connectivity index (χ2v) is 4.04. The Morgan fingerprint density at radius 3 is 2.50 bits per heavy atom. The molecule has 0 bridgehead atoms. The van der Waals surface area contributed by atoms with Crippen LogP contribution in [0.2, 0.25) is 0 Å². The van der Waals surface area contributed by atoms with Crippen LogP contribution in [0, 0.1) is 5.82 Å². The van der Waals surface area contributed by atoms with Crippen molar-refractivity contribution in [3.05, 3.63) is 65.5 Å². The Bertz CT molecular complexity index is 497. The fourth-order valence-corrected chi connectivity index (χ4v) is 1.73. The maximum Gasteiger partial charge on any atom is 0.127 e. The van der Waals surface area contributed by atoms with Gasteiger partial charge in [0.1, 0.15) is 11.6 Å². The van der Waals surface area contributed by atoms with Crippen molar-refractivity contribution in [3.8, 4) is 5.75 Å². The number of hydrogen-bond donors (Lipinski definition) is 1. The van der Waals surface area contributed by atoms with E-state index in [0.717, 1.165) is 6.42 Å². The minimum Gasteiger partial charge on any atom is -0.493 e. The first-order chi connectivity index (χ1) is 8.78. The van der Waals surface area contributed by atoms with Crippen LogP contribution in [0.15, 0.2) is 48.5 Å².